The smallest absolute Gasteiger partial charge is 0.446 e. The van der Waals surface area contributed by atoms with E-state index in [-0.39, 0.29) is 34.2 Å². The van der Waals surface area contributed by atoms with Crippen LogP contribution in [0.2, 0.25) is 0 Å². The number of amides is 1. The monoisotopic (exact) mass is 429 g/mol. The first-order valence-electron chi connectivity index (χ1n) is 8.70. The minimum absolute atomic E-state index is 0.0240. The molecule has 0 aliphatic heterocycles. The molecule has 158 valence electrons. The van der Waals surface area contributed by atoms with Gasteiger partial charge in [0.25, 0.3) is 5.91 Å². The summed E-state index contributed by atoms with van der Waals surface area (Å²) in [5.74, 6) is 0.693. The Kier molecular flexibility index (Phi) is 8.21. The molecule has 0 spiro atoms. The molecule has 1 atom stereocenters. The second-order valence-electron chi connectivity index (χ2n) is 6.02. The van der Waals surface area contributed by atoms with Crippen molar-refractivity contribution in [3.63, 3.8) is 0 Å². The summed E-state index contributed by atoms with van der Waals surface area (Å²) in [6, 6.07) is 10.2. The van der Waals surface area contributed by atoms with Crippen LogP contribution < -0.4 is 14.8 Å². The largest absolute Gasteiger partial charge is 0.493 e. The summed E-state index contributed by atoms with van der Waals surface area (Å²) in [5, 5.41) is 2.82. The van der Waals surface area contributed by atoms with Gasteiger partial charge in [-0.2, -0.15) is 13.2 Å². The molecular weight excluding hydrogens is 407 g/mol. The van der Waals surface area contributed by atoms with Crippen LogP contribution in [0.4, 0.5) is 13.2 Å². The zero-order chi connectivity index (χ0) is 21.4. The van der Waals surface area contributed by atoms with E-state index in [4.69, 9.17) is 14.2 Å². The minimum Gasteiger partial charge on any atom is -0.493 e. The Bertz CT molecular complexity index is 812. The third-order valence-corrected chi connectivity index (χ3v) is 4.67. The molecule has 0 fully saturated rings. The lowest BCUT2D eigenvalue weighted by atomic mass is 10.1. The van der Waals surface area contributed by atoms with Crippen LogP contribution in [-0.2, 0) is 4.74 Å². The van der Waals surface area contributed by atoms with Crippen molar-refractivity contribution in [3.8, 4) is 11.5 Å². The maximum atomic E-state index is 12.4. The van der Waals surface area contributed by atoms with Crippen molar-refractivity contribution in [1.29, 1.82) is 0 Å². The molecule has 1 unspecified atom stereocenters. The summed E-state index contributed by atoms with van der Waals surface area (Å²) in [7, 11) is 3.10. The Morgan fingerprint density at radius 2 is 1.76 bits per heavy atom. The van der Waals surface area contributed by atoms with Gasteiger partial charge < -0.3 is 19.5 Å². The molecule has 9 heteroatoms. The van der Waals surface area contributed by atoms with Gasteiger partial charge in [-0.15, -0.1) is 0 Å². The fraction of sp³-hybridized carbons (Fsp3) is 0.350. The number of thioether (sulfide) groups is 1. The fourth-order valence-electron chi connectivity index (χ4n) is 2.48. The number of hydrogen-bond donors (Lipinski definition) is 1. The SMILES string of the molecule is COCCOc1ccc(C(C)NC(=O)c2ccc(SC(F)(F)F)cc2)cc1OC. The van der Waals surface area contributed by atoms with E-state index in [1.54, 1.807) is 32.2 Å². The van der Waals surface area contributed by atoms with E-state index in [1.807, 2.05) is 0 Å². The van der Waals surface area contributed by atoms with E-state index < -0.39 is 5.51 Å². The minimum atomic E-state index is -4.36. The van der Waals surface area contributed by atoms with E-state index in [2.05, 4.69) is 5.32 Å². The molecule has 29 heavy (non-hydrogen) atoms. The highest BCUT2D eigenvalue weighted by Crippen LogP contribution is 2.36. The van der Waals surface area contributed by atoms with Crippen LogP contribution in [0.25, 0.3) is 0 Å². The summed E-state index contributed by atoms with van der Waals surface area (Å²) in [6.45, 7) is 2.62. The molecule has 0 saturated heterocycles. The van der Waals surface area contributed by atoms with Gasteiger partial charge in [0.1, 0.15) is 6.61 Å². The lowest BCUT2D eigenvalue weighted by molar-refractivity contribution is -0.0328. The molecular formula is C20H22F3NO4S. The average Bonchev–Trinajstić information content (AvgIpc) is 2.67. The van der Waals surface area contributed by atoms with Crippen molar-refractivity contribution in [3.05, 3.63) is 53.6 Å². The predicted octanol–water partition coefficient (Wildman–Crippen LogP) is 4.82. The van der Waals surface area contributed by atoms with Crippen LogP contribution in [0.1, 0.15) is 28.9 Å². The van der Waals surface area contributed by atoms with Crippen LogP contribution in [0.15, 0.2) is 47.4 Å². The van der Waals surface area contributed by atoms with Gasteiger partial charge in [-0.1, -0.05) is 6.07 Å². The molecule has 0 aliphatic rings. The zero-order valence-corrected chi connectivity index (χ0v) is 17.0. The fourth-order valence-corrected chi connectivity index (χ4v) is 3.02. The quantitative estimate of drug-likeness (QED) is 0.457. The van der Waals surface area contributed by atoms with Crippen molar-refractivity contribution in [2.45, 2.75) is 23.4 Å². The first kappa shape index (κ1) is 22.9. The van der Waals surface area contributed by atoms with Gasteiger partial charge in [-0.25, -0.2) is 0 Å². The number of carbonyl (C=O) groups excluding carboxylic acids is 1. The molecule has 2 aromatic carbocycles. The molecule has 0 saturated carbocycles. The molecule has 0 aromatic heterocycles. The second-order valence-corrected chi connectivity index (χ2v) is 7.16. The normalized spacial score (nSPS) is 12.3. The summed E-state index contributed by atoms with van der Waals surface area (Å²) in [6.07, 6.45) is 0. The number of methoxy groups -OCH3 is 2. The molecule has 0 bridgehead atoms. The molecule has 0 aliphatic carbocycles. The van der Waals surface area contributed by atoms with Crippen molar-refractivity contribution in [2.24, 2.45) is 0 Å². The standard InChI is InChI=1S/C20H22F3NO4S/c1-13(15-6-9-17(18(12-15)27-3)28-11-10-26-2)24-19(25)14-4-7-16(8-5-14)29-20(21,22)23/h4-9,12-13H,10-11H2,1-3H3,(H,24,25). The first-order valence-corrected chi connectivity index (χ1v) is 9.51. The highest BCUT2D eigenvalue weighted by Gasteiger charge is 2.29. The van der Waals surface area contributed by atoms with Crippen LogP contribution >= 0.6 is 11.8 Å². The number of alkyl halides is 3. The van der Waals surface area contributed by atoms with Crippen LogP contribution in [0, 0.1) is 0 Å². The van der Waals surface area contributed by atoms with Crippen molar-refractivity contribution < 1.29 is 32.2 Å². The highest BCUT2D eigenvalue weighted by atomic mass is 32.2. The maximum Gasteiger partial charge on any atom is 0.446 e. The molecule has 0 heterocycles. The Labute approximate surface area is 171 Å². The Hall–Kier alpha value is -2.39. The number of hydrogen-bond acceptors (Lipinski definition) is 5. The Morgan fingerprint density at radius 1 is 1.07 bits per heavy atom. The lowest BCUT2D eigenvalue weighted by Crippen LogP contribution is -2.26. The van der Waals surface area contributed by atoms with Crippen LogP contribution in [0.3, 0.4) is 0 Å². The first-order chi connectivity index (χ1) is 13.7. The van der Waals surface area contributed by atoms with Gasteiger partial charge in [0, 0.05) is 17.6 Å². The van der Waals surface area contributed by atoms with Crippen molar-refractivity contribution >= 4 is 17.7 Å². The summed E-state index contributed by atoms with van der Waals surface area (Å²) in [4.78, 5) is 12.4. The van der Waals surface area contributed by atoms with Crippen LogP contribution in [-0.4, -0.2) is 38.8 Å². The number of ether oxygens (including phenoxy) is 3. The Balaban J connectivity index is 2.03. The van der Waals surface area contributed by atoms with Crippen molar-refractivity contribution in [2.75, 3.05) is 27.4 Å². The third kappa shape index (κ3) is 7.17. The number of nitrogens with one attached hydrogen (secondary N) is 1. The van der Waals surface area contributed by atoms with Gasteiger partial charge in [0.15, 0.2) is 11.5 Å². The third-order valence-electron chi connectivity index (χ3n) is 3.93. The maximum absolute atomic E-state index is 12.4. The number of halogens is 3. The van der Waals surface area contributed by atoms with Crippen molar-refractivity contribution in [1.82, 2.24) is 5.32 Å². The van der Waals surface area contributed by atoms with E-state index in [9.17, 15) is 18.0 Å². The summed E-state index contributed by atoms with van der Waals surface area (Å²) < 4.78 is 53.0. The molecule has 0 radical (unpaired) electrons. The van der Waals surface area contributed by atoms with Crippen LogP contribution in [0.5, 0.6) is 11.5 Å². The number of carbonyl (C=O) groups is 1. The number of benzene rings is 2. The van der Waals surface area contributed by atoms with Gasteiger partial charge in [0.05, 0.1) is 19.8 Å². The lowest BCUT2D eigenvalue weighted by Gasteiger charge is -2.17. The topological polar surface area (TPSA) is 56.8 Å². The Morgan fingerprint density at radius 3 is 2.34 bits per heavy atom. The van der Waals surface area contributed by atoms with Gasteiger partial charge in [-0.05, 0) is 60.6 Å². The number of rotatable bonds is 9. The van der Waals surface area contributed by atoms with E-state index in [0.717, 1.165) is 5.56 Å². The molecule has 2 rings (SSSR count). The van der Waals surface area contributed by atoms with Gasteiger partial charge in [-0.3, -0.25) is 4.79 Å². The summed E-state index contributed by atoms with van der Waals surface area (Å²) >= 11 is -0.221. The van der Waals surface area contributed by atoms with Gasteiger partial charge in [0.2, 0.25) is 0 Å². The zero-order valence-electron chi connectivity index (χ0n) is 16.2. The molecule has 2 aromatic rings. The molecule has 5 nitrogen and oxygen atoms in total. The molecule has 1 amide bonds. The molecule has 1 N–H and O–H groups in total. The predicted molar refractivity (Wildman–Crippen MR) is 105 cm³/mol. The van der Waals surface area contributed by atoms with E-state index in [0.29, 0.717) is 24.7 Å². The van der Waals surface area contributed by atoms with E-state index >= 15 is 0 Å². The highest BCUT2D eigenvalue weighted by molar-refractivity contribution is 8.00. The second kappa shape index (κ2) is 10.4. The van der Waals surface area contributed by atoms with E-state index in [1.165, 1.54) is 31.4 Å². The van der Waals surface area contributed by atoms with Gasteiger partial charge >= 0.3 is 5.51 Å². The average molecular weight is 429 g/mol. The summed E-state index contributed by atoms with van der Waals surface area (Å²) in [5.41, 5.74) is -3.30.